The highest BCUT2D eigenvalue weighted by Gasteiger charge is 2.98. The molecule has 0 aromatic heterocycles. The van der Waals surface area contributed by atoms with E-state index in [-0.39, 0.29) is 0 Å². The Kier molecular flexibility index (Phi) is 9.99. The number of aliphatic hydroxyl groups is 1. The molecule has 0 rings (SSSR count). The van der Waals surface area contributed by atoms with Crippen molar-refractivity contribution in [3.8, 4) is 0 Å². The number of methoxy groups -OCH3 is 1. The first-order valence-electron chi connectivity index (χ1n) is 9.34. The number of carbonyl (C=O) groups is 1. The molecule has 0 bridgehead atoms. The summed E-state index contributed by atoms with van der Waals surface area (Å²) >= 11 is 0. The van der Waals surface area contributed by atoms with Crippen LogP contribution in [0.5, 0.6) is 0 Å². The van der Waals surface area contributed by atoms with Gasteiger partial charge >= 0.3 is 59.5 Å². The molecule has 40 heavy (non-hydrogen) atoms. The van der Waals surface area contributed by atoms with E-state index in [4.69, 9.17) is 0 Å². The predicted molar refractivity (Wildman–Crippen MR) is 88.0 cm³/mol. The summed E-state index contributed by atoms with van der Waals surface area (Å²) in [4.78, 5) is 11.3. The second kappa shape index (κ2) is 10.6. The van der Waals surface area contributed by atoms with Crippen LogP contribution in [0, 0.1) is 0 Å². The van der Waals surface area contributed by atoms with Crippen molar-refractivity contribution in [1.29, 1.82) is 0 Å². The average Bonchev–Trinajstić information content (AvgIpc) is 2.73. The number of aliphatic hydroxyl groups excluding tert-OH is 1. The van der Waals surface area contributed by atoms with E-state index < -0.39 is 83.9 Å². The molecule has 0 radical (unpaired) electrons. The van der Waals surface area contributed by atoms with Gasteiger partial charge in [0.1, 0.15) is 6.10 Å². The third kappa shape index (κ3) is 5.50. The van der Waals surface area contributed by atoms with Crippen LogP contribution in [-0.2, 0) is 14.3 Å². The number of hydrogen-bond donors (Lipinski definition) is 1. The standard InChI is InChI=1S/C17H13F19O4/c1-5(2)7(38)40-8(39-3)6(37)4-9(18,19)11(21,22)13(25,26)15(29,30)14(27,28)12(23,24)10(20,16(31,32)33)17(34,35)36/h6,8,37H,1,4H2,2-3H3. The van der Waals surface area contributed by atoms with E-state index in [0.29, 0.717) is 7.11 Å². The van der Waals surface area contributed by atoms with Gasteiger partial charge in [0.2, 0.25) is 6.29 Å². The predicted octanol–water partition coefficient (Wildman–Crippen LogP) is 6.47. The lowest BCUT2D eigenvalue weighted by Crippen LogP contribution is -2.77. The first-order chi connectivity index (χ1) is 17.2. The lowest BCUT2D eigenvalue weighted by Gasteiger charge is -2.45. The topological polar surface area (TPSA) is 55.8 Å². The van der Waals surface area contributed by atoms with Crippen LogP contribution in [0.25, 0.3) is 0 Å². The van der Waals surface area contributed by atoms with Crippen LogP contribution >= 0.6 is 0 Å². The summed E-state index contributed by atoms with van der Waals surface area (Å²) in [5.74, 6) is -52.9. The molecule has 0 spiro atoms. The highest BCUT2D eigenvalue weighted by atomic mass is 19.4. The molecule has 0 saturated heterocycles. The number of rotatable bonds is 12. The van der Waals surface area contributed by atoms with E-state index in [2.05, 4.69) is 16.1 Å². The Labute approximate surface area is 208 Å². The molecule has 0 aliphatic rings. The summed E-state index contributed by atoms with van der Waals surface area (Å²) in [5.41, 5.74) is -9.45. The molecule has 0 saturated carbocycles. The summed E-state index contributed by atoms with van der Waals surface area (Å²) in [6, 6.07) is 0. The molecule has 4 nitrogen and oxygen atoms in total. The molecule has 2 atom stereocenters. The molecule has 1 N–H and O–H groups in total. The molecule has 238 valence electrons. The zero-order valence-corrected chi connectivity index (χ0v) is 18.9. The minimum Gasteiger partial charge on any atom is -0.430 e. The Balaban J connectivity index is 6.84. The van der Waals surface area contributed by atoms with Gasteiger partial charge in [-0.05, 0) is 6.92 Å². The SMILES string of the molecule is C=C(C)C(=O)OC(OC)C(O)CC(F)(F)C(F)(F)C(F)(F)C(F)(F)C(F)(F)C(F)(F)C(F)(C(F)(F)F)C(F)(F)F. The van der Waals surface area contributed by atoms with Crippen molar-refractivity contribution in [2.45, 2.75) is 79.3 Å². The molecule has 0 amide bonds. The molecule has 0 heterocycles. The average molecular weight is 642 g/mol. The highest BCUT2D eigenvalue weighted by molar-refractivity contribution is 5.87. The maximum atomic E-state index is 14.0. The smallest absolute Gasteiger partial charge is 0.430 e. The van der Waals surface area contributed by atoms with Crippen LogP contribution in [-0.4, -0.2) is 84.1 Å². The van der Waals surface area contributed by atoms with Crippen LogP contribution in [0.15, 0.2) is 12.2 Å². The van der Waals surface area contributed by atoms with E-state index in [1.54, 1.807) is 0 Å². The van der Waals surface area contributed by atoms with Gasteiger partial charge in [0.05, 0.1) is 0 Å². The fraction of sp³-hybridized carbons (Fsp3) is 0.824. The fourth-order valence-electron chi connectivity index (χ4n) is 2.53. The molecule has 0 aromatic rings. The Morgan fingerprint density at radius 1 is 0.675 bits per heavy atom. The number of alkyl halides is 19. The van der Waals surface area contributed by atoms with Crippen LogP contribution < -0.4 is 0 Å². The lowest BCUT2D eigenvalue weighted by atomic mass is 9.83. The quantitative estimate of drug-likeness (QED) is 0.115. The zero-order valence-electron chi connectivity index (χ0n) is 18.9. The molecule has 0 aromatic carbocycles. The van der Waals surface area contributed by atoms with Gasteiger partial charge in [-0.15, -0.1) is 0 Å². The van der Waals surface area contributed by atoms with E-state index in [9.17, 15) is 93.3 Å². The molecular weight excluding hydrogens is 629 g/mol. The summed E-state index contributed by atoms with van der Waals surface area (Å²) < 4.78 is 262. The first kappa shape index (κ1) is 37.8. The van der Waals surface area contributed by atoms with Gasteiger partial charge in [-0.3, -0.25) is 0 Å². The van der Waals surface area contributed by atoms with Crippen molar-refractivity contribution in [2.24, 2.45) is 0 Å². The molecular formula is C17H13F19O4. The third-order valence-electron chi connectivity index (χ3n) is 4.83. The second-order valence-electron chi connectivity index (χ2n) is 7.79. The minimum atomic E-state index is -9.15. The second-order valence-corrected chi connectivity index (χ2v) is 7.79. The van der Waals surface area contributed by atoms with Crippen molar-refractivity contribution in [1.82, 2.24) is 0 Å². The maximum Gasteiger partial charge on any atom is 0.438 e. The van der Waals surface area contributed by atoms with E-state index in [1.807, 2.05) is 0 Å². The van der Waals surface area contributed by atoms with Crippen molar-refractivity contribution in [3.63, 3.8) is 0 Å². The molecule has 0 aliphatic heterocycles. The van der Waals surface area contributed by atoms with Crippen LogP contribution in [0.2, 0.25) is 0 Å². The van der Waals surface area contributed by atoms with Crippen molar-refractivity contribution < 1.29 is 103 Å². The van der Waals surface area contributed by atoms with Crippen molar-refractivity contribution in [3.05, 3.63) is 12.2 Å². The number of halogens is 19. The van der Waals surface area contributed by atoms with Crippen LogP contribution in [0.3, 0.4) is 0 Å². The summed E-state index contributed by atoms with van der Waals surface area (Å²) in [7, 11) is 0.353. The van der Waals surface area contributed by atoms with E-state index in [1.165, 1.54) is 0 Å². The number of carbonyl (C=O) groups excluding carboxylic acids is 1. The fourth-order valence-corrected chi connectivity index (χ4v) is 2.53. The van der Waals surface area contributed by atoms with Gasteiger partial charge in [0, 0.05) is 19.1 Å². The van der Waals surface area contributed by atoms with Crippen LogP contribution in [0.1, 0.15) is 13.3 Å². The van der Waals surface area contributed by atoms with Gasteiger partial charge < -0.3 is 14.6 Å². The number of hydrogen-bond acceptors (Lipinski definition) is 4. The number of ether oxygens (including phenoxy) is 2. The first-order valence-corrected chi connectivity index (χ1v) is 9.34. The van der Waals surface area contributed by atoms with Gasteiger partial charge in [-0.2, -0.15) is 79.0 Å². The minimum absolute atomic E-state index is 0.353. The highest BCUT2D eigenvalue weighted by Crippen LogP contribution is 2.66. The Morgan fingerprint density at radius 2 is 1.00 bits per heavy atom. The van der Waals surface area contributed by atoms with Crippen molar-refractivity contribution >= 4 is 5.97 Å². The Morgan fingerprint density at radius 3 is 1.30 bits per heavy atom. The largest absolute Gasteiger partial charge is 0.438 e. The summed E-state index contributed by atoms with van der Waals surface area (Å²) in [6.07, 6.45) is -26.4. The van der Waals surface area contributed by atoms with Gasteiger partial charge in [0.15, 0.2) is 0 Å². The van der Waals surface area contributed by atoms with E-state index in [0.717, 1.165) is 6.92 Å². The monoisotopic (exact) mass is 642 g/mol. The third-order valence-corrected chi connectivity index (χ3v) is 4.83. The summed E-state index contributed by atoms with van der Waals surface area (Å²) in [6.45, 7) is 3.74. The van der Waals surface area contributed by atoms with Gasteiger partial charge in [-0.1, -0.05) is 6.58 Å². The molecule has 0 fully saturated rings. The lowest BCUT2D eigenvalue weighted by molar-refractivity contribution is -0.472. The van der Waals surface area contributed by atoms with Gasteiger partial charge in [0.25, 0.3) is 0 Å². The molecule has 2 unspecified atom stereocenters. The number of esters is 1. The maximum absolute atomic E-state index is 14.0. The van der Waals surface area contributed by atoms with Crippen LogP contribution in [0.4, 0.5) is 83.4 Å². The van der Waals surface area contributed by atoms with Crippen molar-refractivity contribution in [2.75, 3.05) is 7.11 Å². The molecule has 23 heteroatoms. The van der Waals surface area contributed by atoms with Gasteiger partial charge in [-0.25, -0.2) is 9.18 Å². The Bertz CT molecular complexity index is 922. The zero-order chi connectivity index (χ0) is 32.9. The Hall–Kier alpha value is -2.20. The van der Waals surface area contributed by atoms with E-state index >= 15 is 0 Å². The normalized spacial score (nSPS) is 16.9. The summed E-state index contributed by atoms with van der Waals surface area (Å²) in [5, 5.41) is 9.44. The molecule has 0 aliphatic carbocycles.